The van der Waals surface area contributed by atoms with Crippen LogP contribution in [-0.4, -0.2) is 57.4 Å². The Morgan fingerprint density at radius 2 is 1.97 bits per heavy atom. The number of halogens is 2. The van der Waals surface area contributed by atoms with Gasteiger partial charge in [0.2, 0.25) is 5.88 Å². The Morgan fingerprint density at radius 1 is 1.13 bits per heavy atom. The standard InChI is InChI=1S/C28H27F2N5O3/c1-37-21-9-5-17(6-10-21)16-34-20-8-12-24(34)22(14-20)32-27(36)18-7-11-23-19(13-18)15-31-35(23)25-3-2-4-26(33-25)38-28(29)30/h2-7,9-11,13,15,20,22,24,28H,8,12,14,16H2,1H3,(H,32,36)/t20-,22+,24+/m0/s1. The van der Waals surface area contributed by atoms with Crippen LogP contribution in [0.1, 0.15) is 35.2 Å². The van der Waals surface area contributed by atoms with E-state index in [0.717, 1.165) is 36.9 Å². The van der Waals surface area contributed by atoms with Crippen molar-refractivity contribution in [1.29, 1.82) is 0 Å². The van der Waals surface area contributed by atoms with Crippen LogP contribution < -0.4 is 14.8 Å². The molecule has 2 aromatic carbocycles. The lowest BCUT2D eigenvalue weighted by atomic mass is 9.95. The van der Waals surface area contributed by atoms with Crippen molar-refractivity contribution in [3.05, 3.63) is 78.0 Å². The predicted molar refractivity (Wildman–Crippen MR) is 137 cm³/mol. The van der Waals surface area contributed by atoms with Crippen LogP contribution in [0.25, 0.3) is 16.7 Å². The smallest absolute Gasteiger partial charge is 0.388 e. The Kier molecular flexibility index (Phi) is 6.40. The Labute approximate surface area is 218 Å². The molecule has 10 heteroatoms. The van der Waals surface area contributed by atoms with E-state index in [1.54, 1.807) is 43.6 Å². The fourth-order valence-electron chi connectivity index (χ4n) is 5.73. The highest BCUT2D eigenvalue weighted by Crippen LogP contribution is 2.39. The van der Waals surface area contributed by atoms with Crippen LogP contribution in [0.2, 0.25) is 0 Å². The molecule has 3 atom stereocenters. The molecular weight excluding hydrogens is 492 g/mol. The van der Waals surface area contributed by atoms with Crippen molar-refractivity contribution in [2.24, 2.45) is 0 Å². The number of alkyl halides is 2. The predicted octanol–water partition coefficient (Wildman–Crippen LogP) is 4.57. The lowest BCUT2D eigenvalue weighted by Gasteiger charge is -2.25. The third-order valence-electron chi connectivity index (χ3n) is 7.49. The van der Waals surface area contributed by atoms with Crippen LogP contribution in [-0.2, 0) is 6.54 Å². The summed E-state index contributed by atoms with van der Waals surface area (Å²) in [6.45, 7) is -2.10. The average molecular weight is 520 g/mol. The molecule has 8 nitrogen and oxygen atoms in total. The molecule has 0 aliphatic carbocycles. The van der Waals surface area contributed by atoms with Crippen molar-refractivity contribution in [2.45, 2.75) is 50.5 Å². The molecule has 0 unspecified atom stereocenters. The molecule has 6 rings (SSSR count). The van der Waals surface area contributed by atoms with Crippen molar-refractivity contribution in [3.8, 4) is 17.4 Å². The topological polar surface area (TPSA) is 81.5 Å². The van der Waals surface area contributed by atoms with Gasteiger partial charge in [-0.2, -0.15) is 18.9 Å². The van der Waals surface area contributed by atoms with Crippen LogP contribution in [0.4, 0.5) is 8.78 Å². The second-order valence-corrected chi connectivity index (χ2v) is 9.68. The first-order chi connectivity index (χ1) is 18.5. The van der Waals surface area contributed by atoms with Crippen LogP contribution in [0.3, 0.4) is 0 Å². The average Bonchev–Trinajstić information content (AvgIpc) is 3.61. The molecule has 1 N–H and O–H groups in total. The highest BCUT2D eigenvalue weighted by molar-refractivity contribution is 5.98. The number of hydrogen-bond donors (Lipinski definition) is 1. The van der Waals surface area contributed by atoms with Crippen LogP contribution in [0.5, 0.6) is 11.6 Å². The van der Waals surface area contributed by atoms with Gasteiger partial charge in [0.05, 0.1) is 18.8 Å². The number of rotatable bonds is 8. The zero-order valence-electron chi connectivity index (χ0n) is 20.8. The number of nitrogens with one attached hydrogen (secondary N) is 1. The van der Waals surface area contributed by atoms with Crippen molar-refractivity contribution in [3.63, 3.8) is 0 Å². The number of nitrogens with zero attached hydrogens (tertiary/aromatic N) is 4. The monoisotopic (exact) mass is 519 g/mol. The summed E-state index contributed by atoms with van der Waals surface area (Å²) >= 11 is 0. The van der Waals surface area contributed by atoms with E-state index in [0.29, 0.717) is 29.0 Å². The molecule has 0 radical (unpaired) electrons. The maximum absolute atomic E-state index is 13.2. The van der Waals surface area contributed by atoms with E-state index in [-0.39, 0.29) is 17.8 Å². The SMILES string of the molecule is COc1ccc(CN2[C@H]3CC[C@@H]2[C@H](NC(=O)c2ccc4c(cnn4-c4cccc(OC(F)F)n4)c2)C3)cc1. The summed E-state index contributed by atoms with van der Waals surface area (Å²) in [6.07, 6.45) is 4.78. The van der Waals surface area contributed by atoms with Gasteiger partial charge in [0.25, 0.3) is 5.91 Å². The molecule has 4 aromatic rings. The summed E-state index contributed by atoms with van der Waals surface area (Å²) in [7, 11) is 1.66. The Morgan fingerprint density at radius 3 is 2.76 bits per heavy atom. The Balaban J connectivity index is 1.15. The summed E-state index contributed by atoms with van der Waals surface area (Å²) in [4.78, 5) is 19.8. The number of pyridine rings is 1. The quantitative estimate of drug-likeness (QED) is 0.368. The fraction of sp³-hybridized carbons (Fsp3) is 0.321. The van der Waals surface area contributed by atoms with Crippen molar-refractivity contribution in [1.82, 2.24) is 25.0 Å². The van der Waals surface area contributed by atoms with Gasteiger partial charge in [-0.25, -0.2) is 4.68 Å². The number of ether oxygens (including phenoxy) is 2. The van der Waals surface area contributed by atoms with E-state index in [1.165, 1.54) is 16.3 Å². The third kappa shape index (κ3) is 4.67. The number of carbonyl (C=O) groups is 1. The zero-order valence-corrected chi connectivity index (χ0v) is 20.8. The van der Waals surface area contributed by atoms with E-state index in [1.807, 2.05) is 12.1 Å². The van der Waals surface area contributed by atoms with E-state index in [2.05, 4.69) is 37.2 Å². The third-order valence-corrected chi connectivity index (χ3v) is 7.49. The number of hydrogen-bond acceptors (Lipinski definition) is 6. The van der Waals surface area contributed by atoms with Crippen molar-refractivity contribution >= 4 is 16.8 Å². The highest BCUT2D eigenvalue weighted by Gasteiger charge is 2.46. The van der Waals surface area contributed by atoms with E-state index >= 15 is 0 Å². The van der Waals surface area contributed by atoms with Crippen molar-refractivity contribution < 1.29 is 23.0 Å². The maximum atomic E-state index is 13.2. The van der Waals surface area contributed by atoms with Crippen LogP contribution in [0, 0.1) is 0 Å². The number of methoxy groups -OCH3 is 1. The summed E-state index contributed by atoms with van der Waals surface area (Å²) in [5.41, 5.74) is 2.48. The van der Waals surface area contributed by atoms with Gasteiger partial charge >= 0.3 is 6.61 Å². The van der Waals surface area contributed by atoms with Crippen molar-refractivity contribution in [2.75, 3.05) is 7.11 Å². The molecule has 1 amide bonds. The molecule has 38 heavy (non-hydrogen) atoms. The fourth-order valence-corrected chi connectivity index (χ4v) is 5.73. The van der Waals surface area contributed by atoms with Crippen LogP contribution >= 0.6 is 0 Å². The lowest BCUT2D eigenvalue weighted by Crippen LogP contribution is -2.43. The minimum atomic E-state index is -2.96. The number of amides is 1. The largest absolute Gasteiger partial charge is 0.497 e. The first kappa shape index (κ1) is 24.3. The van der Waals surface area contributed by atoms with Gasteiger partial charge in [-0.15, -0.1) is 0 Å². The molecule has 2 saturated heterocycles. The Bertz CT molecular complexity index is 1460. The Hall–Kier alpha value is -4.05. The summed E-state index contributed by atoms with van der Waals surface area (Å²) in [5, 5.41) is 8.35. The van der Waals surface area contributed by atoms with Gasteiger partial charge < -0.3 is 14.8 Å². The van der Waals surface area contributed by atoms with Gasteiger partial charge in [0.15, 0.2) is 5.82 Å². The molecule has 2 bridgehead atoms. The number of carbonyl (C=O) groups excluding carboxylic acids is 1. The molecule has 2 aliphatic rings. The molecule has 2 aromatic heterocycles. The summed E-state index contributed by atoms with van der Waals surface area (Å²) < 4.78 is 36.4. The molecule has 2 aliphatic heterocycles. The van der Waals surface area contributed by atoms with E-state index in [4.69, 9.17) is 4.74 Å². The van der Waals surface area contributed by atoms with E-state index in [9.17, 15) is 13.6 Å². The molecule has 4 heterocycles. The van der Waals surface area contributed by atoms with E-state index < -0.39 is 6.61 Å². The highest BCUT2D eigenvalue weighted by atomic mass is 19.3. The second kappa shape index (κ2) is 10.0. The van der Waals surface area contributed by atoms with Gasteiger partial charge in [-0.05, 0) is 61.2 Å². The normalized spacial score (nSPS) is 20.8. The first-order valence-corrected chi connectivity index (χ1v) is 12.6. The first-order valence-electron chi connectivity index (χ1n) is 12.6. The van der Waals surface area contributed by atoms with Gasteiger partial charge in [0, 0.05) is 41.7 Å². The molecule has 0 saturated carbocycles. The molecule has 0 spiro atoms. The molecule has 196 valence electrons. The number of fused-ring (bicyclic) bond motifs is 3. The number of aromatic nitrogens is 3. The van der Waals surface area contributed by atoms with Gasteiger partial charge in [-0.1, -0.05) is 18.2 Å². The molecule has 2 fully saturated rings. The zero-order chi connectivity index (χ0) is 26.2. The summed E-state index contributed by atoms with van der Waals surface area (Å²) in [6, 6.07) is 18.9. The van der Waals surface area contributed by atoms with Gasteiger partial charge in [-0.3, -0.25) is 9.69 Å². The minimum absolute atomic E-state index is 0.0969. The second-order valence-electron chi connectivity index (χ2n) is 9.68. The maximum Gasteiger partial charge on any atom is 0.388 e. The number of benzene rings is 2. The van der Waals surface area contributed by atoms with Crippen LogP contribution in [0.15, 0.2) is 66.9 Å². The minimum Gasteiger partial charge on any atom is -0.497 e. The lowest BCUT2D eigenvalue weighted by molar-refractivity contribution is -0.0528. The molecular formula is C28H27F2N5O3. The summed E-state index contributed by atoms with van der Waals surface area (Å²) in [5.74, 6) is 0.877. The van der Waals surface area contributed by atoms with Gasteiger partial charge in [0.1, 0.15) is 5.75 Å².